The summed E-state index contributed by atoms with van der Waals surface area (Å²) in [6.07, 6.45) is 1.47. The van der Waals surface area contributed by atoms with Crippen LogP contribution < -0.4 is 5.43 Å². The number of aromatic hydroxyl groups is 1. The van der Waals surface area contributed by atoms with Gasteiger partial charge in [0.25, 0.3) is 0 Å². The number of carboxylic acids is 1. The fourth-order valence-electron chi connectivity index (χ4n) is 1.55. The zero-order chi connectivity index (χ0) is 15.4. The average Bonchev–Trinajstić information content (AvgIpc) is 2.44. The minimum Gasteiger partial charge on any atom is -0.506 e. The lowest BCUT2D eigenvalue weighted by molar-refractivity contribution is 0.0697. The number of halogens is 2. The first-order valence-electron chi connectivity index (χ1n) is 5.78. The number of carbonyl (C=O) groups is 1. The molecular formula is C14H10Br2N2O3. The molecule has 0 bridgehead atoms. The third kappa shape index (κ3) is 4.05. The summed E-state index contributed by atoms with van der Waals surface area (Å²) in [4.78, 5) is 10.7. The van der Waals surface area contributed by atoms with E-state index in [-0.39, 0.29) is 11.3 Å². The fraction of sp³-hybridized carbons (Fsp3) is 0. The first-order valence-corrected chi connectivity index (χ1v) is 7.36. The molecule has 0 fully saturated rings. The smallest absolute Gasteiger partial charge is 0.335 e. The lowest BCUT2D eigenvalue weighted by Gasteiger charge is -2.04. The Labute approximate surface area is 137 Å². The maximum absolute atomic E-state index is 10.7. The van der Waals surface area contributed by atoms with Crippen LogP contribution in [0.15, 0.2) is 50.4 Å². The molecule has 5 nitrogen and oxygen atoms in total. The van der Waals surface area contributed by atoms with E-state index in [1.54, 1.807) is 24.3 Å². The number of hydrogen-bond donors (Lipinski definition) is 3. The van der Waals surface area contributed by atoms with Crippen LogP contribution in [0.5, 0.6) is 5.75 Å². The van der Waals surface area contributed by atoms with E-state index in [0.717, 1.165) is 4.47 Å². The first kappa shape index (κ1) is 15.5. The topological polar surface area (TPSA) is 81.9 Å². The molecule has 0 aliphatic rings. The van der Waals surface area contributed by atoms with Gasteiger partial charge in [0.05, 0.1) is 21.9 Å². The van der Waals surface area contributed by atoms with Crippen molar-refractivity contribution in [2.24, 2.45) is 5.10 Å². The first-order chi connectivity index (χ1) is 9.97. The summed E-state index contributed by atoms with van der Waals surface area (Å²) in [5.41, 5.74) is 4.14. The van der Waals surface area contributed by atoms with Crippen LogP contribution in [0.1, 0.15) is 15.9 Å². The molecule has 7 heteroatoms. The Morgan fingerprint density at radius 3 is 2.48 bits per heavy atom. The minimum absolute atomic E-state index is 0.0879. The zero-order valence-electron chi connectivity index (χ0n) is 10.5. The van der Waals surface area contributed by atoms with Gasteiger partial charge in [0.2, 0.25) is 0 Å². The summed E-state index contributed by atoms with van der Waals surface area (Å²) >= 11 is 6.56. The molecule has 0 aliphatic carbocycles. The number of nitrogens with zero attached hydrogens (tertiary/aromatic N) is 1. The number of rotatable bonds is 4. The molecule has 108 valence electrons. The van der Waals surface area contributed by atoms with Gasteiger partial charge >= 0.3 is 5.97 Å². The molecule has 0 radical (unpaired) electrons. The normalized spacial score (nSPS) is 10.8. The minimum atomic E-state index is -0.978. The van der Waals surface area contributed by atoms with E-state index in [4.69, 9.17) is 5.11 Å². The van der Waals surface area contributed by atoms with E-state index < -0.39 is 5.97 Å². The van der Waals surface area contributed by atoms with Crippen LogP contribution in [0.2, 0.25) is 0 Å². The molecule has 21 heavy (non-hydrogen) atoms. The molecule has 0 amide bonds. The molecule has 2 rings (SSSR count). The van der Waals surface area contributed by atoms with Crippen LogP contribution in [0.25, 0.3) is 0 Å². The predicted octanol–water partition coefficient (Wildman–Crippen LogP) is 4.06. The van der Waals surface area contributed by atoms with Crippen molar-refractivity contribution in [1.82, 2.24) is 0 Å². The molecule has 0 aromatic heterocycles. The summed E-state index contributed by atoms with van der Waals surface area (Å²) in [5.74, 6) is -0.890. The van der Waals surface area contributed by atoms with Gasteiger partial charge in [-0.1, -0.05) is 15.9 Å². The summed E-state index contributed by atoms with van der Waals surface area (Å²) in [7, 11) is 0. The molecule has 0 heterocycles. The highest BCUT2D eigenvalue weighted by Gasteiger charge is 2.05. The number of carboxylic acid groups (broad SMARTS) is 1. The lowest BCUT2D eigenvalue weighted by atomic mass is 10.2. The Hall–Kier alpha value is -1.86. The van der Waals surface area contributed by atoms with Crippen molar-refractivity contribution >= 4 is 49.7 Å². The van der Waals surface area contributed by atoms with Gasteiger partial charge in [-0.2, -0.15) is 5.10 Å². The van der Waals surface area contributed by atoms with Gasteiger partial charge in [0, 0.05) is 10.0 Å². The lowest BCUT2D eigenvalue weighted by Crippen LogP contribution is -1.96. The van der Waals surface area contributed by atoms with E-state index in [2.05, 4.69) is 42.4 Å². The van der Waals surface area contributed by atoms with E-state index in [1.807, 2.05) is 0 Å². The van der Waals surface area contributed by atoms with Crippen LogP contribution >= 0.6 is 31.9 Å². The molecule has 0 atom stereocenters. The monoisotopic (exact) mass is 412 g/mol. The van der Waals surface area contributed by atoms with Crippen molar-refractivity contribution in [3.63, 3.8) is 0 Å². The third-order valence-electron chi connectivity index (χ3n) is 2.59. The van der Waals surface area contributed by atoms with Crippen LogP contribution in [0.4, 0.5) is 5.69 Å². The molecule has 2 aromatic rings. The van der Waals surface area contributed by atoms with Gasteiger partial charge in [-0.25, -0.2) is 4.79 Å². The van der Waals surface area contributed by atoms with Crippen molar-refractivity contribution in [2.75, 3.05) is 5.43 Å². The molecule has 0 spiro atoms. The number of aromatic carboxylic acids is 1. The summed E-state index contributed by atoms with van der Waals surface area (Å²) < 4.78 is 1.36. The molecule has 0 aliphatic heterocycles. The number of phenols is 1. The van der Waals surface area contributed by atoms with Crippen LogP contribution in [-0.2, 0) is 0 Å². The molecule has 0 saturated carbocycles. The molecular weight excluding hydrogens is 404 g/mol. The van der Waals surface area contributed by atoms with E-state index in [0.29, 0.717) is 15.7 Å². The molecule has 0 saturated heterocycles. The second-order valence-electron chi connectivity index (χ2n) is 4.08. The third-order valence-corrected chi connectivity index (χ3v) is 3.65. The maximum Gasteiger partial charge on any atom is 0.335 e. The maximum atomic E-state index is 10.7. The zero-order valence-corrected chi connectivity index (χ0v) is 13.7. The SMILES string of the molecule is O=C(O)c1ccc(N/N=C/c2cc(Br)cc(Br)c2O)cc1. The highest BCUT2D eigenvalue weighted by molar-refractivity contribution is 9.11. The number of anilines is 1. The molecule has 3 N–H and O–H groups in total. The second kappa shape index (κ2) is 6.73. The van der Waals surface area contributed by atoms with Gasteiger partial charge in [0.15, 0.2) is 0 Å². The standard InChI is InChI=1S/C14H10Br2N2O3/c15-10-5-9(13(19)12(16)6-10)7-17-18-11-3-1-8(2-4-11)14(20)21/h1-7,18-19H,(H,20,21)/b17-7+. The second-order valence-corrected chi connectivity index (χ2v) is 5.85. The van der Waals surface area contributed by atoms with E-state index >= 15 is 0 Å². The highest BCUT2D eigenvalue weighted by Crippen LogP contribution is 2.30. The van der Waals surface area contributed by atoms with Crippen molar-refractivity contribution in [3.8, 4) is 5.75 Å². The quantitative estimate of drug-likeness (QED) is 0.521. The van der Waals surface area contributed by atoms with Crippen LogP contribution in [-0.4, -0.2) is 22.4 Å². The number of hydrogen-bond acceptors (Lipinski definition) is 4. The Morgan fingerprint density at radius 1 is 1.19 bits per heavy atom. The Bertz CT molecular complexity index is 700. The summed E-state index contributed by atoms with van der Waals surface area (Å²) in [5, 5.41) is 22.7. The number of hydrazone groups is 1. The fourth-order valence-corrected chi connectivity index (χ4v) is 2.81. The van der Waals surface area contributed by atoms with Crippen LogP contribution in [0, 0.1) is 0 Å². The summed E-state index contributed by atoms with van der Waals surface area (Å²) in [6, 6.07) is 9.62. The van der Waals surface area contributed by atoms with Crippen LogP contribution in [0.3, 0.4) is 0 Å². The van der Waals surface area contributed by atoms with Crippen molar-refractivity contribution in [2.45, 2.75) is 0 Å². The van der Waals surface area contributed by atoms with Gasteiger partial charge < -0.3 is 10.2 Å². The Balaban J connectivity index is 2.10. The number of benzene rings is 2. The van der Waals surface area contributed by atoms with Crippen molar-refractivity contribution in [3.05, 3.63) is 56.5 Å². The van der Waals surface area contributed by atoms with Gasteiger partial charge in [0.1, 0.15) is 5.75 Å². The molecule has 2 aromatic carbocycles. The van der Waals surface area contributed by atoms with Gasteiger partial charge in [-0.15, -0.1) is 0 Å². The highest BCUT2D eigenvalue weighted by atomic mass is 79.9. The van der Waals surface area contributed by atoms with Gasteiger partial charge in [-0.05, 0) is 52.3 Å². The van der Waals surface area contributed by atoms with Crippen molar-refractivity contribution in [1.29, 1.82) is 0 Å². The van der Waals surface area contributed by atoms with E-state index in [1.165, 1.54) is 18.3 Å². The number of phenolic OH excluding ortho intramolecular Hbond substituents is 1. The summed E-state index contributed by atoms with van der Waals surface area (Å²) in [6.45, 7) is 0. The Morgan fingerprint density at radius 2 is 1.86 bits per heavy atom. The number of nitrogens with one attached hydrogen (secondary N) is 1. The largest absolute Gasteiger partial charge is 0.506 e. The average molecular weight is 414 g/mol. The molecule has 0 unspecified atom stereocenters. The van der Waals surface area contributed by atoms with E-state index in [9.17, 15) is 9.90 Å². The Kier molecular flexibility index (Phi) is 4.98. The van der Waals surface area contributed by atoms with Gasteiger partial charge in [-0.3, -0.25) is 5.43 Å². The van der Waals surface area contributed by atoms with Crippen molar-refractivity contribution < 1.29 is 15.0 Å². The predicted molar refractivity (Wildman–Crippen MR) is 88.1 cm³/mol.